The number of halogens is 1. The largest absolute Gasteiger partial charge is 0.340 e. The molecule has 0 aliphatic carbocycles. The number of nitrogens with one attached hydrogen (secondary N) is 3. The molecule has 1 aromatic carbocycles. The Balaban J connectivity index is 2.06. The summed E-state index contributed by atoms with van der Waals surface area (Å²) >= 11 is 5.79. The number of aromatic nitrogens is 3. The molecule has 3 N–H and O–H groups in total. The summed E-state index contributed by atoms with van der Waals surface area (Å²) in [5, 5.41) is 12.0. The lowest BCUT2D eigenvalue weighted by Crippen LogP contribution is -2.47. The number of hydrogen-bond donors (Lipinski definition) is 3. The van der Waals surface area contributed by atoms with E-state index in [4.69, 9.17) is 11.6 Å². The highest BCUT2D eigenvalue weighted by molar-refractivity contribution is 6.30. The van der Waals surface area contributed by atoms with Crippen LogP contribution in [0.5, 0.6) is 0 Å². The molecule has 0 radical (unpaired) electrons. The highest BCUT2D eigenvalue weighted by atomic mass is 35.5. The second-order valence-electron chi connectivity index (χ2n) is 5.03. The third kappa shape index (κ3) is 4.05. The van der Waals surface area contributed by atoms with Gasteiger partial charge < -0.3 is 5.32 Å². The Morgan fingerprint density at radius 3 is 2.45 bits per heavy atom. The summed E-state index contributed by atoms with van der Waals surface area (Å²) < 4.78 is 0. The van der Waals surface area contributed by atoms with Crippen molar-refractivity contribution in [2.24, 2.45) is 5.92 Å². The molecule has 0 spiro atoms. The molecule has 0 aliphatic rings. The Kier molecular flexibility index (Phi) is 5.11. The fraction of sp³-hybridized carbons (Fsp3) is 0.286. The van der Waals surface area contributed by atoms with E-state index in [1.165, 1.54) is 6.33 Å². The Bertz CT molecular complexity index is 640. The van der Waals surface area contributed by atoms with Gasteiger partial charge in [0, 0.05) is 10.6 Å². The summed E-state index contributed by atoms with van der Waals surface area (Å²) in [4.78, 5) is 28.3. The molecule has 1 aromatic heterocycles. The van der Waals surface area contributed by atoms with Crippen LogP contribution in [0.15, 0.2) is 30.6 Å². The number of carbonyl (C=O) groups is 2. The molecule has 2 rings (SSSR count). The molecule has 22 heavy (non-hydrogen) atoms. The molecule has 0 saturated heterocycles. The Labute approximate surface area is 132 Å². The van der Waals surface area contributed by atoms with Crippen LogP contribution in [0, 0.1) is 5.92 Å². The molecular weight excluding hydrogens is 306 g/mol. The first-order chi connectivity index (χ1) is 10.5. The van der Waals surface area contributed by atoms with Crippen molar-refractivity contribution in [1.82, 2.24) is 20.5 Å². The van der Waals surface area contributed by atoms with Crippen LogP contribution >= 0.6 is 11.6 Å². The summed E-state index contributed by atoms with van der Waals surface area (Å²) in [6, 6.07) is 5.74. The van der Waals surface area contributed by atoms with Crippen molar-refractivity contribution in [3.63, 3.8) is 0 Å². The second-order valence-corrected chi connectivity index (χ2v) is 5.46. The molecule has 116 valence electrons. The molecule has 2 amide bonds. The maximum Gasteiger partial charge on any atom is 0.251 e. The summed E-state index contributed by atoms with van der Waals surface area (Å²) in [6.45, 7) is 3.68. The standard InChI is InChI=1S/C14H16ClN5O2/c1-8(2)11(13(22)19-14-16-7-17-20-14)18-12(21)9-3-5-10(15)6-4-9/h3-8,11H,1-2H3,(H,18,21)(H2,16,17,19,20,22)/t11-/m1/s1. The summed E-state index contributed by atoms with van der Waals surface area (Å²) in [6.07, 6.45) is 1.28. The van der Waals surface area contributed by atoms with Crippen LogP contribution < -0.4 is 10.6 Å². The third-order valence-corrected chi connectivity index (χ3v) is 3.25. The van der Waals surface area contributed by atoms with Crippen molar-refractivity contribution in [2.75, 3.05) is 5.32 Å². The Morgan fingerprint density at radius 1 is 1.23 bits per heavy atom. The molecule has 0 unspecified atom stereocenters. The summed E-state index contributed by atoms with van der Waals surface area (Å²) in [5.74, 6) is -0.576. The van der Waals surface area contributed by atoms with Gasteiger partial charge >= 0.3 is 0 Å². The highest BCUT2D eigenvalue weighted by Crippen LogP contribution is 2.11. The van der Waals surface area contributed by atoms with Gasteiger partial charge in [0.05, 0.1) is 0 Å². The fourth-order valence-electron chi connectivity index (χ4n) is 1.82. The van der Waals surface area contributed by atoms with E-state index in [0.29, 0.717) is 10.6 Å². The number of hydrogen-bond acceptors (Lipinski definition) is 4. The van der Waals surface area contributed by atoms with Gasteiger partial charge in [-0.05, 0) is 30.2 Å². The minimum Gasteiger partial charge on any atom is -0.340 e. The lowest BCUT2D eigenvalue weighted by atomic mass is 10.0. The highest BCUT2D eigenvalue weighted by Gasteiger charge is 2.25. The van der Waals surface area contributed by atoms with Gasteiger partial charge in [-0.2, -0.15) is 10.1 Å². The lowest BCUT2D eigenvalue weighted by Gasteiger charge is -2.21. The molecule has 7 nitrogen and oxygen atoms in total. The molecule has 1 atom stereocenters. The number of anilines is 1. The van der Waals surface area contributed by atoms with Crippen molar-refractivity contribution in [3.05, 3.63) is 41.2 Å². The summed E-state index contributed by atoms with van der Waals surface area (Å²) in [7, 11) is 0. The number of aromatic amines is 1. The normalized spacial score (nSPS) is 12.0. The van der Waals surface area contributed by atoms with E-state index >= 15 is 0 Å². The minimum absolute atomic E-state index is 0.0980. The molecule has 0 bridgehead atoms. The van der Waals surface area contributed by atoms with Gasteiger partial charge in [0.15, 0.2) is 0 Å². The number of nitrogens with zero attached hydrogens (tertiary/aromatic N) is 2. The van der Waals surface area contributed by atoms with Crippen LogP contribution in [0.3, 0.4) is 0 Å². The van der Waals surface area contributed by atoms with Crippen molar-refractivity contribution in [1.29, 1.82) is 0 Å². The van der Waals surface area contributed by atoms with E-state index in [9.17, 15) is 9.59 Å². The zero-order valence-corrected chi connectivity index (χ0v) is 12.9. The van der Waals surface area contributed by atoms with Gasteiger partial charge in [-0.3, -0.25) is 14.9 Å². The van der Waals surface area contributed by atoms with Crippen molar-refractivity contribution in [2.45, 2.75) is 19.9 Å². The smallest absolute Gasteiger partial charge is 0.251 e. The van der Waals surface area contributed by atoms with E-state index in [2.05, 4.69) is 25.8 Å². The predicted octanol–water partition coefficient (Wildman–Crippen LogP) is 1.85. The number of carbonyl (C=O) groups excluding carboxylic acids is 2. The quantitative estimate of drug-likeness (QED) is 0.782. The van der Waals surface area contributed by atoms with Crippen molar-refractivity contribution in [3.8, 4) is 0 Å². The lowest BCUT2D eigenvalue weighted by molar-refractivity contribution is -0.118. The predicted molar refractivity (Wildman–Crippen MR) is 82.6 cm³/mol. The van der Waals surface area contributed by atoms with E-state index in [1.54, 1.807) is 24.3 Å². The van der Waals surface area contributed by atoms with Crippen LogP contribution in [0.25, 0.3) is 0 Å². The van der Waals surface area contributed by atoms with Crippen molar-refractivity contribution < 1.29 is 9.59 Å². The van der Waals surface area contributed by atoms with Crippen molar-refractivity contribution >= 4 is 29.4 Å². The van der Waals surface area contributed by atoms with E-state index in [-0.39, 0.29) is 23.7 Å². The van der Waals surface area contributed by atoms with Gasteiger partial charge in [0.1, 0.15) is 12.4 Å². The van der Waals surface area contributed by atoms with Crippen LogP contribution in [0.2, 0.25) is 5.02 Å². The van der Waals surface area contributed by atoms with E-state index in [0.717, 1.165) is 0 Å². The van der Waals surface area contributed by atoms with Gasteiger partial charge in [0.2, 0.25) is 11.9 Å². The van der Waals surface area contributed by atoms with E-state index in [1.807, 2.05) is 13.8 Å². The minimum atomic E-state index is -0.701. The first-order valence-corrected chi connectivity index (χ1v) is 7.08. The Morgan fingerprint density at radius 2 is 1.91 bits per heavy atom. The van der Waals surface area contributed by atoms with E-state index < -0.39 is 6.04 Å². The first kappa shape index (κ1) is 16.0. The maximum atomic E-state index is 12.2. The molecule has 0 fully saturated rings. The van der Waals surface area contributed by atoms with Crippen LogP contribution in [0.1, 0.15) is 24.2 Å². The molecule has 0 aliphatic heterocycles. The van der Waals surface area contributed by atoms with Gasteiger partial charge in [-0.15, -0.1) is 0 Å². The zero-order chi connectivity index (χ0) is 16.1. The van der Waals surface area contributed by atoms with Gasteiger partial charge in [0.25, 0.3) is 5.91 Å². The fourth-order valence-corrected chi connectivity index (χ4v) is 1.95. The molecule has 1 heterocycles. The van der Waals surface area contributed by atoms with Gasteiger partial charge in [-0.1, -0.05) is 25.4 Å². The third-order valence-electron chi connectivity index (χ3n) is 3.00. The Hall–Kier alpha value is -2.41. The molecule has 8 heteroatoms. The first-order valence-electron chi connectivity index (χ1n) is 6.70. The van der Waals surface area contributed by atoms with Gasteiger partial charge in [-0.25, -0.2) is 5.10 Å². The maximum absolute atomic E-state index is 12.2. The topological polar surface area (TPSA) is 99.8 Å². The average Bonchev–Trinajstić information content (AvgIpc) is 2.97. The second kappa shape index (κ2) is 7.04. The average molecular weight is 322 g/mol. The number of benzene rings is 1. The molecular formula is C14H16ClN5O2. The number of amides is 2. The van der Waals surface area contributed by atoms with Crippen LogP contribution in [0.4, 0.5) is 5.95 Å². The molecule has 2 aromatic rings. The number of rotatable bonds is 5. The monoisotopic (exact) mass is 321 g/mol. The molecule has 0 saturated carbocycles. The van der Waals surface area contributed by atoms with Crippen LogP contribution in [-0.2, 0) is 4.79 Å². The van der Waals surface area contributed by atoms with Crippen LogP contribution in [-0.4, -0.2) is 33.0 Å². The summed E-state index contributed by atoms with van der Waals surface area (Å²) in [5.41, 5.74) is 0.433. The zero-order valence-electron chi connectivity index (χ0n) is 12.1. The SMILES string of the molecule is CC(C)[C@@H](NC(=O)c1ccc(Cl)cc1)C(=O)Nc1ncn[nH]1. The number of H-pyrrole nitrogens is 1.